The molecule has 1 fully saturated rings. The van der Waals surface area contributed by atoms with Gasteiger partial charge in [0.15, 0.2) is 6.04 Å². The van der Waals surface area contributed by atoms with E-state index in [-0.39, 0.29) is 24.4 Å². The molecule has 2 atom stereocenters. The average molecular weight is 180 g/mol. The fourth-order valence-electron chi connectivity index (χ4n) is 1.47. The molecule has 11 heavy (non-hydrogen) atoms. The summed E-state index contributed by atoms with van der Waals surface area (Å²) in [5, 5.41) is 0. The van der Waals surface area contributed by atoms with E-state index in [1.54, 1.807) is 0 Å². The van der Waals surface area contributed by atoms with Crippen molar-refractivity contribution in [1.82, 2.24) is 0 Å². The van der Waals surface area contributed by atoms with Crippen LogP contribution in [0.2, 0.25) is 0 Å². The Hall–Kier alpha value is -0.280. The minimum Gasteiger partial charge on any atom is -1.00 e. The standard InChI is InChI=1S/C7H13NO2.ClH/c1-8-5-3-4-6(8)7(9)10-2;/h6H,3-5H2,1-2H3;1H/t6-;/m0./s1. The number of likely N-dealkylation sites (tertiary alicyclic amines) is 1. The number of rotatable bonds is 1. The van der Waals surface area contributed by atoms with Gasteiger partial charge in [-0.1, -0.05) is 0 Å². The molecule has 0 bridgehead atoms. The number of hydrogen-bond donors (Lipinski definition) is 1. The molecule has 3 nitrogen and oxygen atoms in total. The Labute approximate surface area is 73.1 Å². The molecule has 0 amide bonds. The molecule has 1 heterocycles. The van der Waals surface area contributed by atoms with Crippen LogP contribution in [0.1, 0.15) is 12.8 Å². The molecule has 0 aromatic heterocycles. The topological polar surface area (TPSA) is 30.7 Å². The van der Waals surface area contributed by atoms with Crippen LogP contribution in [0, 0.1) is 0 Å². The van der Waals surface area contributed by atoms with Crippen LogP contribution in [0.4, 0.5) is 0 Å². The van der Waals surface area contributed by atoms with Gasteiger partial charge in [0.1, 0.15) is 0 Å². The Morgan fingerprint density at radius 1 is 1.64 bits per heavy atom. The Bertz CT molecular complexity index is 140. The van der Waals surface area contributed by atoms with Gasteiger partial charge in [-0.15, -0.1) is 0 Å². The van der Waals surface area contributed by atoms with Gasteiger partial charge >= 0.3 is 5.97 Å². The number of carbonyl (C=O) groups is 1. The van der Waals surface area contributed by atoms with Crippen LogP contribution in [0.3, 0.4) is 0 Å². The van der Waals surface area contributed by atoms with E-state index in [1.165, 1.54) is 12.0 Å². The van der Waals surface area contributed by atoms with Gasteiger partial charge in [-0.2, -0.15) is 0 Å². The van der Waals surface area contributed by atoms with Gasteiger partial charge in [-0.3, -0.25) is 0 Å². The number of halogens is 1. The van der Waals surface area contributed by atoms with Crippen LogP contribution in [0.15, 0.2) is 0 Å². The van der Waals surface area contributed by atoms with Gasteiger partial charge < -0.3 is 22.0 Å². The summed E-state index contributed by atoms with van der Waals surface area (Å²) < 4.78 is 4.64. The molecular weight excluding hydrogens is 166 g/mol. The molecule has 0 aromatic carbocycles. The first-order valence-electron chi connectivity index (χ1n) is 3.66. The highest BCUT2D eigenvalue weighted by Gasteiger charge is 2.32. The molecule has 0 saturated carbocycles. The second-order valence-electron chi connectivity index (χ2n) is 2.81. The van der Waals surface area contributed by atoms with E-state index in [9.17, 15) is 4.79 Å². The Morgan fingerprint density at radius 3 is 2.64 bits per heavy atom. The van der Waals surface area contributed by atoms with Crippen LogP contribution in [-0.2, 0) is 9.53 Å². The Balaban J connectivity index is 0.000001000. The summed E-state index contributed by atoms with van der Waals surface area (Å²) in [7, 11) is 3.49. The zero-order valence-corrected chi connectivity index (χ0v) is 7.65. The van der Waals surface area contributed by atoms with Crippen LogP contribution in [0.5, 0.6) is 0 Å². The third-order valence-electron chi connectivity index (χ3n) is 2.14. The molecule has 0 spiro atoms. The number of hydrogen-bond acceptors (Lipinski definition) is 2. The zero-order chi connectivity index (χ0) is 7.56. The van der Waals surface area contributed by atoms with E-state index in [2.05, 4.69) is 4.74 Å². The van der Waals surface area contributed by atoms with E-state index in [4.69, 9.17) is 0 Å². The maximum Gasteiger partial charge on any atom is 0.364 e. The van der Waals surface area contributed by atoms with Gasteiger partial charge in [0.25, 0.3) is 0 Å². The average Bonchev–Trinajstić information content (AvgIpc) is 2.34. The number of methoxy groups -OCH3 is 1. The molecule has 1 aliphatic rings. The van der Waals surface area contributed by atoms with Gasteiger partial charge in [-0.05, 0) is 0 Å². The maximum atomic E-state index is 11.0. The lowest BCUT2D eigenvalue weighted by molar-refractivity contribution is -0.883. The van der Waals surface area contributed by atoms with E-state index in [0.717, 1.165) is 19.4 Å². The summed E-state index contributed by atoms with van der Waals surface area (Å²) in [5.74, 6) is -0.0602. The summed E-state index contributed by atoms with van der Waals surface area (Å²) in [5.41, 5.74) is 0. The summed E-state index contributed by atoms with van der Waals surface area (Å²) in [4.78, 5) is 12.3. The van der Waals surface area contributed by atoms with Crippen molar-refractivity contribution < 1.29 is 26.8 Å². The molecule has 0 aliphatic carbocycles. The van der Waals surface area contributed by atoms with E-state index in [0.29, 0.717) is 0 Å². The van der Waals surface area contributed by atoms with Crippen LogP contribution in [-0.4, -0.2) is 32.7 Å². The third-order valence-corrected chi connectivity index (χ3v) is 2.14. The molecule has 1 unspecified atom stereocenters. The highest BCUT2D eigenvalue weighted by atomic mass is 35.5. The van der Waals surface area contributed by atoms with Crippen molar-refractivity contribution >= 4 is 5.97 Å². The van der Waals surface area contributed by atoms with Crippen molar-refractivity contribution in [1.29, 1.82) is 0 Å². The highest BCUT2D eigenvalue weighted by Crippen LogP contribution is 1.99. The maximum absolute atomic E-state index is 11.0. The predicted octanol–water partition coefficient (Wildman–Crippen LogP) is -4.16. The molecule has 4 heteroatoms. The quantitative estimate of drug-likeness (QED) is 0.415. The van der Waals surface area contributed by atoms with Crippen molar-refractivity contribution in [2.45, 2.75) is 18.9 Å². The minimum atomic E-state index is -0.0602. The van der Waals surface area contributed by atoms with Crippen molar-refractivity contribution in [3.05, 3.63) is 0 Å². The Morgan fingerprint density at radius 2 is 2.27 bits per heavy atom. The van der Waals surface area contributed by atoms with E-state index >= 15 is 0 Å². The monoisotopic (exact) mass is 179 g/mol. The first kappa shape index (κ1) is 10.7. The largest absolute Gasteiger partial charge is 1.00 e. The molecular formula is C7H14ClNO2. The highest BCUT2D eigenvalue weighted by molar-refractivity contribution is 5.74. The zero-order valence-electron chi connectivity index (χ0n) is 6.89. The smallest absolute Gasteiger partial charge is 0.364 e. The number of nitrogens with one attached hydrogen (secondary N) is 1. The van der Waals surface area contributed by atoms with E-state index in [1.807, 2.05) is 7.05 Å². The number of esters is 1. The second-order valence-corrected chi connectivity index (χ2v) is 2.81. The fraction of sp³-hybridized carbons (Fsp3) is 0.857. The molecule has 0 aromatic rings. The number of likely N-dealkylation sites (N-methyl/N-ethyl adjacent to an activating group) is 1. The van der Waals surface area contributed by atoms with E-state index < -0.39 is 0 Å². The fourth-order valence-corrected chi connectivity index (χ4v) is 1.47. The second kappa shape index (κ2) is 4.57. The van der Waals surface area contributed by atoms with Crippen molar-refractivity contribution in [2.75, 3.05) is 20.7 Å². The molecule has 1 saturated heterocycles. The predicted molar refractivity (Wildman–Crippen MR) is 36.8 cm³/mol. The summed E-state index contributed by atoms with van der Waals surface area (Å²) in [6.07, 6.45) is 2.13. The normalized spacial score (nSPS) is 29.3. The first-order valence-corrected chi connectivity index (χ1v) is 3.66. The number of carbonyl (C=O) groups excluding carboxylic acids is 1. The first-order chi connectivity index (χ1) is 4.75. The Kier molecular flexibility index (Phi) is 4.45. The van der Waals surface area contributed by atoms with Gasteiger partial charge in [0.2, 0.25) is 0 Å². The molecule has 1 aliphatic heterocycles. The SMILES string of the molecule is COC(=O)[C@@H]1CCC[NH+]1C.[Cl-]. The minimum absolute atomic E-state index is 0. The van der Waals surface area contributed by atoms with Crippen molar-refractivity contribution in [3.63, 3.8) is 0 Å². The van der Waals surface area contributed by atoms with Crippen LogP contribution < -0.4 is 17.3 Å². The molecule has 0 radical (unpaired) electrons. The lowest BCUT2D eigenvalue weighted by Crippen LogP contribution is -3.11. The summed E-state index contributed by atoms with van der Waals surface area (Å²) in [6.45, 7) is 1.10. The van der Waals surface area contributed by atoms with Crippen molar-refractivity contribution in [2.24, 2.45) is 0 Å². The summed E-state index contributed by atoms with van der Waals surface area (Å²) in [6, 6.07) is 0.102. The summed E-state index contributed by atoms with van der Waals surface area (Å²) >= 11 is 0. The molecule has 1 rings (SSSR count). The molecule has 66 valence electrons. The van der Waals surface area contributed by atoms with Crippen molar-refractivity contribution in [3.8, 4) is 0 Å². The number of ether oxygens (including phenoxy) is 1. The lowest BCUT2D eigenvalue weighted by Gasteiger charge is -2.12. The van der Waals surface area contributed by atoms with Crippen LogP contribution in [0.25, 0.3) is 0 Å². The van der Waals surface area contributed by atoms with Crippen LogP contribution >= 0.6 is 0 Å². The van der Waals surface area contributed by atoms with Gasteiger partial charge in [0.05, 0.1) is 20.7 Å². The molecule has 1 N–H and O–H groups in total. The number of quaternary nitrogens is 1. The van der Waals surface area contributed by atoms with Gasteiger partial charge in [0, 0.05) is 12.8 Å². The van der Waals surface area contributed by atoms with Gasteiger partial charge in [-0.25, -0.2) is 4.79 Å². The lowest BCUT2D eigenvalue weighted by atomic mass is 10.2. The third kappa shape index (κ3) is 2.34.